The lowest BCUT2D eigenvalue weighted by atomic mass is 10.2. The first kappa shape index (κ1) is 10.2. The molecule has 1 N–H and O–H groups in total. The van der Waals surface area contributed by atoms with Crippen LogP contribution < -0.4 is 0 Å². The van der Waals surface area contributed by atoms with Crippen LogP contribution in [0.3, 0.4) is 0 Å². The van der Waals surface area contributed by atoms with Crippen LogP contribution in [-0.2, 0) is 11.3 Å². The number of hydrogen-bond donors (Lipinski definition) is 1. The molecule has 1 aromatic carbocycles. The van der Waals surface area contributed by atoms with E-state index in [1.807, 2.05) is 37.3 Å². The highest BCUT2D eigenvalue weighted by molar-refractivity contribution is 5.13. The van der Waals surface area contributed by atoms with Gasteiger partial charge in [0.15, 0.2) is 0 Å². The molecule has 72 valence electrons. The van der Waals surface area contributed by atoms with Gasteiger partial charge >= 0.3 is 0 Å². The topological polar surface area (TPSA) is 29.5 Å². The molecule has 0 unspecified atom stereocenters. The van der Waals surface area contributed by atoms with Gasteiger partial charge in [0.05, 0.1) is 18.8 Å². The zero-order valence-corrected chi connectivity index (χ0v) is 8.10. The molecule has 0 bridgehead atoms. The molecular formula is C11H16O2. The number of aliphatic hydroxyl groups is 1. The second kappa shape index (κ2) is 5.00. The second-order valence-electron chi connectivity index (χ2n) is 3.24. The molecule has 0 aliphatic heterocycles. The molecule has 0 saturated carbocycles. The van der Waals surface area contributed by atoms with E-state index in [9.17, 15) is 5.11 Å². The van der Waals surface area contributed by atoms with E-state index in [1.165, 1.54) is 0 Å². The van der Waals surface area contributed by atoms with Gasteiger partial charge in [-0.2, -0.15) is 0 Å². The summed E-state index contributed by atoms with van der Waals surface area (Å²) in [6.45, 7) is 4.16. The fourth-order valence-electron chi connectivity index (χ4n) is 0.941. The van der Waals surface area contributed by atoms with Crippen LogP contribution in [0.15, 0.2) is 30.3 Å². The highest BCUT2D eigenvalue weighted by atomic mass is 16.5. The molecule has 0 fully saturated rings. The minimum Gasteiger partial charge on any atom is -0.391 e. The lowest BCUT2D eigenvalue weighted by Crippen LogP contribution is -2.22. The molecule has 1 aromatic rings. The van der Waals surface area contributed by atoms with Crippen molar-refractivity contribution in [1.82, 2.24) is 0 Å². The molecule has 0 amide bonds. The van der Waals surface area contributed by atoms with Gasteiger partial charge in [0, 0.05) is 0 Å². The normalized spacial score (nSPS) is 15.3. The van der Waals surface area contributed by atoms with Crippen molar-refractivity contribution in [2.75, 3.05) is 0 Å². The van der Waals surface area contributed by atoms with Crippen molar-refractivity contribution in [1.29, 1.82) is 0 Å². The number of benzene rings is 1. The van der Waals surface area contributed by atoms with Gasteiger partial charge < -0.3 is 9.84 Å². The van der Waals surface area contributed by atoms with Crippen molar-refractivity contribution in [2.45, 2.75) is 32.7 Å². The van der Waals surface area contributed by atoms with Gasteiger partial charge in [0.1, 0.15) is 0 Å². The SMILES string of the molecule is C[C@H](OCc1ccccc1)[C@@H](C)O. The van der Waals surface area contributed by atoms with E-state index < -0.39 is 6.10 Å². The average molecular weight is 180 g/mol. The molecule has 0 aromatic heterocycles. The first-order valence-corrected chi connectivity index (χ1v) is 4.53. The number of rotatable bonds is 4. The lowest BCUT2D eigenvalue weighted by molar-refractivity contribution is -0.0268. The Morgan fingerprint density at radius 2 is 1.85 bits per heavy atom. The van der Waals surface area contributed by atoms with E-state index in [0.717, 1.165) is 5.56 Å². The predicted molar refractivity (Wildman–Crippen MR) is 52.4 cm³/mol. The Labute approximate surface area is 79.2 Å². The summed E-state index contributed by atoms with van der Waals surface area (Å²) in [5, 5.41) is 9.17. The molecule has 0 saturated heterocycles. The molecular weight excluding hydrogens is 164 g/mol. The van der Waals surface area contributed by atoms with Crippen LogP contribution in [0.1, 0.15) is 19.4 Å². The van der Waals surface area contributed by atoms with Gasteiger partial charge in [0.2, 0.25) is 0 Å². The molecule has 13 heavy (non-hydrogen) atoms. The molecule has 0 aliphatic rings. The second-order valence-corrected chi connectivity index (χ2v) is 3.24. The van der Waals surface area contributed by atoms with Crippen molar-refractivity contribution in [2.24, 2.45) is 0 Å². The van der Waals surface area contributed by atoms with Crippen molar-refractivity contribution in [3.63, 3.8) is 0 Å². The summed E-state index contributed by atoms with van der Waals surface area (Å²) in [4.78, 5) is 0. The maximum absolute atomic E-state index is 9.17. The van der Waals surface area contributed by atoms with Crippen LogP contribution in [0.4, 0.5) is 0 Å². The third-order valence-electron chi connectivity index (χ3n) is 2.04. The fourth-order valence-corrected chi connectivity index (χ4v) is 0.941. The van der Waals surface area contributed by atoms with Gasteiger partial charge in [-0.1, -0.05) is 30.3 Å². The molecule has 2 heteroatoms. The van der Waals surface area contributed by atoms with Crippen LogP contribution >= 0.6 is 0 Å². The van der Waals surface area contributed by atoms with Gasteiger partial charge in [-0.05, 0) is 19.4 Å². The zero-order chi connectivity index (χ0) is 9.68. The monoisotopic (exact) mass is 180 g/mol. The fraction of sp³-hybridized carbons (Fsp3) is 0.455. The summed E-state index contributed by atoms with van der Waals surface area (Å²) in [6.07, 6.45) is -0.524. The van der Waals surface area contributed by atoms with Gasteiger partial charge in [-0.15, -0.1) is 0 Å². The van der Waals surface area contributed by atoms with Gasteiger partial charge in [0.25, 0.3) is 0 Å². The molecule has 0 aliphatic carbocycles. The summed E-state index contributed by atoms with van der Waals surface area (Å²) in [7, 11) is 0. The van der Waals surface area contributed by atoms with E-state index in [1.54, 1.807) is 6.92 Å². The molecule has 0 spiro atoms. The highest BCUT2D eigenvalue weighted by Crippen LogP contribution is 2.05. The van der Waals surface area contributed by atoms with Crippen molar-refractivity contribution in [3.05, 3.63) is 35.9 Å². The van der Waals surface area contributed by atoms with Crippen LogP contribution in [0.2, 0.25) is 0 Å². The van der Waals surface area contributed by atoms with Crippen LogP contribution in [0.5, 0.6) is 0 Å². The predicted octanol–water partition coefficient (Wildman–Crippen LogP) is 1.97. The van der Waals surface area contributed by atoms with Crippen molar-refractivity contribution < 1.29 is 9.84 Å². The minimum atomic E-state index is -0.413. The molecule has 0 radical (unpaired) electrons. The van der Waals surface area contributed by atoms with Crippen molar-refractivity contribution >= 4 is 0 Å². The first-order chi connectivity index (χ1) is 6.20. The Hall–Kier alpha value is -0.860. The molecule has 0 heterocycles. The smallest absolute Gasteiger partial charge is 0.0807 e. The maximum Gasteiger partial charge on any atom is 0.0807 e. The Morgan fingerprint density at radius 3 is 2.38 bits per heavy atom. The largest absolute Gasteiger partial charge is 0.391 e. The first-order valence-electron chi connectivity index (χ1n) is 4.53. The Kier molecular flexibility index (Phi) is 3.93. The summed E-state index contributed by atoms with van der Waals surface area (Å²) in [5.41, 5.74) is 1.13. The number of aliphatic hydroxyl groups excluding tert-OH is 1. The Morgan fingerprint density at radius 1 is 1.23 bits per heavy atom. The van der Waals surface area contributed by atoms with Crippen LogP contribution in [0.25, 0.3) is 0 Å². The number of hydrogen-bond acceptors (Lipinski definition) is 2. The maximum atomic E-state index is 9.17. The zero-order valence-electron chi connectivity index (χ0n) is 8.10. The van der Waals surface area contributed by atoms with E-state index in [0.29, 0.717) is 6.61 Å². The third kappa shape index (κ3) is 3.57. The summed E-state index contributed by atoms with van der Waals surface area (Å²) in [6, 6.07) is 9.95. The number of ether oxygens (including phenoxy) is 1. The average Bonchev–Trinajstić information content (AvgIpc) is 2.15. The van der Waals surface area contributed by atoms with E-state index in [4.69, 9.17) is 4.74 Å². The van der Waals surface area contributed by atoms with E-state index in [-0.39, 0.29) is 6.10 Å². The molecule has 1 rings (SSSR count). The Bertz CT molecular complexity index is 231. The summed E-state index contributed by atoms with van der Waals surface area (Å²) >= 11 is 0. The van der Waals surface area contributed by atoms with Crippen LogP contribution in [-0.4, -0.2) is 17.3 Å². The third-order valence-corrected chi connectivity index (χ3v) is 2.04. The molecule has 2 nitrogen and oxygen atoms in total. The van der Waals surface area contributed by atoms with Crippen LogP contribution in [0, 0.1) is 0 Å². The van der Waals surface area contributed by atoms with Gasteiger partial charge in [-0.3, -0.25) is 0 Å². The molecule has 2 atom stereocenters. The van der Waals surface area contributed by atoms with Gasteiger partial charge in [-0.25, -0.2) is 0 Å². The minimum absolute atomic E-state index is 0.111. The van der Waals surface area contributed by atoms with Crippen molar-refractivity contribution in [3.8, 4) is 0 Å². The van der Waals surface area contributed by atoms with E-state index >= 15 is 0 Å². The Balaban J connectivity index is 2.35. The summed E-state index contributed by atoms with van der Waals surface area (Å²) < 4.78 is 5.44. The lowest BCUT2D eigenvalue weighted by Gasteiger charge is -2.15. The standard InChI is InChI=1S/C11H16O2/c1-9(12)10(2)13-8-11-6-4-3-5-7-11/h3-7,9-10,12H,8H2,1-2H3/t9-,10+/m1/s1. The quantitative estimate of drug-likeness (QED) is 0.767. The highest BCUT2D eigenvalue weighted by Gasteiger charge is 2.08. The van der Waals surface area contributed by atoms with E-state index in [2.05, 4.69) is 0 Å². The summed E-state index contributed by atoms with van der Waals surface area (Å²) in [5.74, 6) is 0.